The Morgan fingerprint density at radius 2 is 2.28 bits per heavy atom. The van der Waals surface area contributed by atoms with Crippen molar-refractivity contribution in [2.24, 2.45) is 0 Å². The molecule has 1 saturated heterocycles. The molecule has 0 atom stereocenters. The Hall–Kier alpha value is -1.39. The minimum atomic E-state index is 0.0287. The van der Waals surface area contributed by atoms with E-state index in [1.54, 1.807) is 6.07 Å². The van der Waals surface area contributed by atoms with Gasteiger partial charge in [0, 0.05) is 29.9 Å². The van der Waals surface area contributed by atoms with E-state index in [0.29, 0.717) is 11.3 Å². The van der Waals surface area contributed by atoms with Crippen LogP contribution in [0.1, 0.15) is 29.8 Å². The van der Waals surface area contributed by atoms with Crippen molar-refractivity contribution in [2.45, 2.75) is 25.9 Å². The number of ether oxygens (including phenoxy) is 1. The van der Waals surface area contributed by atoms with E-state index >= 15 is 0 Å². The minimum absolute atomic E-state index is 0.0287. The first-order chi connectivity index (χ1) is 8.53. The highest BCUT2D eigenvalue weighted by molar-refractivity contribution is 5.83. The van der Waals surface area contributed by atoms with Crippen LogP contribution in [0, 0.1) is 0 Å². The average Bonchev–Trinajstić information content (AvgIpc) is 2.34. The van der Waals surface area contributed by atoms with Gasteiger partial charge in [-0.3, -0.25) is 9.69 Å². The molecule has 98 valence electrons. The third-order valence-electron chi connectivity index (χ3n) is 3.47. The zero-order valence-electron chi connectivity index (χ0n) is 11.0. The molecule has 0 saturated carbocycles. The summed E-state index contributed by atoms with van der Waals surface area (Å²) in [4.78, 5) is 13.3. The van der Waals surface area contributed by atoms with Gasteiger partial charge < -0.3 is 10.5 Å². The molecule has 0 bridgehead atoms. The Morgan fingerprint density at radius 3 is 2.94 bits per heavy atom. The van der Waals surface area contributed by atoms with Crippen LogP contribution in [0.15, 0.2) is 18.2 Å². The smallest absolute Gasteiger partial charge is 0.152 e. The number of carbonyl (C=O) groups excluding carboxylic acids is 1. The van der Waals surface area contributed by atoms with Gasteiger partial charge in [-0.2, -0.15) is 0 Å². The molecular weight excluding hydrogens is 228 g/mol. The number of morpholine rings is 1. The van der Waals surface area contributed by atoms with Crippen LogP contribution >= 0.6 is 0 Å². The first kappa shape index (κ1) is 13.1. The lowest BCUT2D eigenvalue weighted by Crippen LogP contribution is -2.52. The number of anilines is 1. The predicted molar refractivity (Wildman–Crippen MR) is 71.5 cm³/mol. The summed E-state index contributed by atoms with van der Waals surface area (Å²) in [6, 6.07) is 5.65. The van der Waals surface area contributed by atoms with Gasteiger partial charge in [-0.05, 0) is 31.5 Å². The largest absolute Gasteiger partial charge is 0.398 e. The van der Waals surface area contributed by atoms with Crippen LogP contribution in [0.25, 0.3) is 0 Å². The maximum Gasteiger partial charge on any atom is 0.152 e. The highest BCUT2D eigenvalue weighted by atomic mass is 16.5. The van der Waals surface area contributed by atoms with Crippen LogP contribution in [-0.2, 0) is 11.3 Å². The lowest BCUT2D eigenvalue weighted by Gasteiger charge is -2.42. The van der Waals surface area contributed by atoms with Crippen molar-refractivity contribution >= 4 is 12.0 Å². The van der Waals surface area contributed by atoms with Crippen LogP contribution < -0.4 is 5.73 Å². The van der Waals surface area contributed by atoms with Crippen LogP contribution in [0.2, 0.25) is 0 Å². The van der Waals surface area contributed by atoms with E-state index in [1.807, 2.05) is 12.1 Å². The molecule has 0 amide bonds. The van der Waals surface area contributed by atoms with Crippen molar-refractivity contribution in [3.8, 4) is 0 Å². The van der Waals surface area contributed by atoms with Crippen LogP contribution in [0.5, 0.6) is 0 Å². The summed E-state index contributed by atoms with van der Waals surface area (Å²) in [5.41, 5.74) is 7.97. The molecule has 0 aromatic heterocycles. The molecule has 0 unspecified atom stereocenters. The summed E-state index contributed by atoms with van der Waals surface area (Å²) in [7, 11) is 0. The lowest BCUT2D eigenvalue weighted by molar-refractivity contribution is -0.0552. The molecule has 1 aromatic rings. The van der Waals surface area contributed by atoms with Crippen molar-refractivity contribution in [3.05, 3.63) is 29.3 Å². The first-order valence-corrected chi connectivity index (χ1v) is 6.19. The molecule has 1 aliphatic rings. The molecule has 1 fully saturated rings. The highest BCUT2D eigenvalue weighted by Gasteiger charge is 2.30. The number of carbonyl (C=O) groups is 1. The van der Waals surface area contributed by atoms with Crippen LogP contribution in [-0.4, -0.2) is 36.5 Å². The molecular formula is C14H20N2O2. The highest BCUT2D eigenvalue weighted by Crippen LogP contribution is 2.22. The zero-order chi connectivity index (χ0) is 13.2. The molecule has 0 radical (unpaired) electrons. The van der Waals surface area contributed by atoms with Crippen LogP contribution in [0.3, 0.4) is 0 Å². The summed E-state index contributed by atoms with van der Waals surface area (Å²) in [6.45, 7) is 7.57. The molecule has 2 rings (SSSR count). The molecule has 4 heteroatoms. The summed E-state index contributed by atoms with van der Waals surface area (Å²) in [6.07, 6.45) is 0.809. The molecule has 4 nitrogen and oxygen atoms in total. The fourth-order valence-corrected chi connectivity index (χ4v) is 2.23. The number of hydrogen-bond acceptors (Lipinski definition) is 4. The van der Waals surface area contributed by atoms with E-state index in [-0.39, 0.29) is 5.54 Å². The topological polar surface area (TPSA) is 55.6 Å². The van der Waals surface area contributed by atoms with Gasteiger partial charge in [0.2, 0.25) is 0 Å². The SMILES string of the molecule is CC1(C)COCCN1Cc1ccc(N)c(C=O)c1. The predicted octanol–water partition coefficient (Wildman–Crippen LogP) is 1.69. The second kappa shape index (κ2) is 5.08. The van der Waals surface area contributed by atoms with E-state index in [0.717, 1.165) is 38.2 Å². The molecule has 2 N–H and O–H groups in total. The Balaban J connectivity index is 2.15. The molecule has 0 spiro atoms. The van der Waals surface area contributed by atoms with Gasteiger partial charge in [-0.25, -0.2) is 0 Å². The maximum atomic E-state index is 10.9. The second-order valence-electron chi connectivity index (χ2n) is 5.37. The fraction of sp³-hybridized carbons (Fsp3) is 0.500. The molecule has 1 aromatic carbocycles. The van der Waals surface area contributed by atoms with Crippen molar-refractivity contribution in [1.29, 1.82) is 0 Å². The van der Waals surface area contributed by atoms with Gasteiger partial charge in [0.05, 0.1) is 13.2 Å². The average molecular weight is 248 g/mol. The Bertz CT molecular complexity index is 443. The number of rotatable bonds is 3. The standard InChI is InChI=1S/C14H20N2O2/c1-14(2)10-18-6-5-16(14)8-11-3-4-13(15)12(7-11)9-17/h3-4,7,9H,5-6,8,10,15H2,1-2H3. The van der Waals surface area contributed by atoms with Crippen molar-refractivity contribution < 1.29 is 9.53 Å². The molecule has 18 heavy (non-hydrogen) atoms. The summed E-state index contributed by atoms with van der Waals surface area (Å²) in [5.74, 6) is 0. The Morgan fingerprint density at radius 1 is 1.50 bits per heavy atom. The van der Waals surface area contributed by atoms with Crippen molar-refractivity contribution in [3.63, 3.8) is 0 Å². The van der Waals surface area contributed by atoms with E-state index in [1.165, 1.54) is 0 Å². The number of nitrogens with two attached hydrogens (primary N) is 1. The second-order valence-corrected chi connectivity index (χ2v) is 5.37. The van der Waals surface area contributed by atoms with E-state index in [4.69, 9.17) is 10.5 Å². The number of aldehydes is 1. The van der Waals surface area contributed by atoms with Crippen LogP contribution in [0.4, 0.5) is 5.69 Å². The first-order valence-electron chi connectivity index (χ1n) is 6.19. The quantitative estimate of drug-likeness (QED) is 0.653. The number of nitrogens with zero attached hydrogens (tertiary/aromatic N) is 1. The van der Waals surface area contributed by atoms with Crippen molar-refractivity contribution in [1.82, 2.24) is 4.90 Å². The number of hydrogen-bond donors (Lipinski definition) is 1. The Kier molecular flexibility index (Phi) is 3.68. The third-order valence-corrected chi connectivity index (χ3v) is 3.47. The Labute approximate surface area is 108 Å². The monoisotopic (exact) mass is 248 g/mol. The van der Waals surface area contributed by atoms with Crippen molar-refractivity contribution in [2.75, 3.05) is 25.5 Å². The van der Waals surface area contributed by atoms with Gasteiger partial charge in [0.15, 0.2) is 6.29 Å². The zero-order valence-corrected chi connectivity index (χ0v) is 11.0. The molecule has 1 heterocycles. The fourth-order valence-electron chi connectivity index (χ4n) is 2.23. The summed E-state index contributed by atoms with van der Waals surface area (Å²) in [5, 5.41) is 0. The summed E-state index contributed by atoms with van der Waals surface area (Å²) < 4.78 is 5.50. The summed E-state index contributed by atoms with van der Waals surface area (Å²) >= 11 is 0. The third kappa shape index (κ3) is 2.71. The lowest BCUT2D eigenvalue weighted by atomic mass is 10.0. The number of nitrogen functional groups attached to an aromatic ring is 1. The van der Waals surface area contributed by atoms with E-state index in [2.05, 4.69) is 18.7 Å². The molecule has 0 aliphatic carbocycles. The van der Waals surface area contributed by atoms with Gasteiger partial charge in [0.25, 0.3) is 0 Å². The van der Waals surface area contributed by atoms with Gasteiger partial charge in [-0.1, -0.05) is 6.07 Å². The van der Waals surface area contributed by atoms with E-state index in [9.17, 15) is 4.79 Å². The minimum Gasteiger partial charge on any atom is -0.398 e. The maximum absolute atomic E-state index is 10.9. The molecule has 1 aliphatic heterocycles. The van der Waals surface area contributed by atoms with E-state index < -0.39 is 0 Å². The van der Waals surface area contributed by atoms with Gasteiger partial charge in [-0.15, -0.1) is 0 Å². The number of benzene rings is 1. The van der Waals surface area contributed by atoms with Gasteiger partial charge in [0.1, 0.15) is 0 Å². The normalized spacial score (nSPS) is 19.7. The van der Waals surface area contributed by atoms with Gasteiger partial charge >= 0.3 is 0 Å².